The summed E-state index contributed by atoms with van der Waals surface area (Å²) in [5.74, 6) is 1.49. The summed E-state index contributed by atoms with van der Waals surface area (Å²) in [7, 11) is 0. The second-order valence-electron chi connectivity index (χ2n) is 4.00. The van der Waals surface area contributed by atoms with Crippen LogP contribution in [0.3, 0.4) is 0 Å². The van der Waals surface area contributed by atoms with Crippen LogP contribution in [-0.4, -0.2) is 19.8 Å². The maximum Gasteiger partial charge on any atom is 0.161 e. The molecule has 1 aromatic carbocycles. The second-order valence-corrected chi connectivity index (χ2v) is 4.22. The summed E-state index contributed by atoms with van der Waals surface area (Å²) in [6.45, 7) is 5.55. The quantitative estimate of drug-likeness (QED) is 0.827. The standard InChI is InChI=1S/C14H20ClNO2/c1-3-17-14-8-12(6-7-16)4-5-13(14)18-10-11(2)9-15/h4-5,8-9H,3,6-7,10,16H2,1-2H3/b11-9+. The predicted octanol–water partition coefficient (Wildman–Crippen LogP) is 3.11. The van der Waals surface area contributed by atoms with Gasteiger partial charge in [0.2, 0.25) is 0 Å². The Morgan fingerprint density at radius 3 is 2.72 bits per heavy atom. The zero-order valence-electron chi connectivity index (χ0n) is 10.9. The minimum Gasteiger partial charge on any atom is -0.490 e. The monoisotopic (exact) mass is 269 g/mol. The van der Waals surface area contributed by atoms with Gasteiger partial charge in [-0.05, 0) is 50.1 Å². The molecule has 0 atom stereocenters. The van der Waals surface area contributed by atoms with Crippen LogP contribution in [0.2, 0.25) is 0 Å². The van der Waals surface area contributed by atoms with Gasteiger partial charge in [0.15, 0.2) is 11.5 Å². The normalized spacial score (nSPS) is 11.4. The summed E-state index contributed by atoms with van der Waals surface area (Å²) < 4.78 is 11.2. The second kappa shape index (κ2) is 8.01. The summed E-state index contributed by atoms with van der Waals surface area (Å²) in [5, 5.41) is 0. The molecule has 1 aromatic rings. The van der Waals surface area contributed by atoms with Crippen LogP contribution in [0.25, 0.3) is 0 Å². The van der Waals surface area contributed by atoms with Crippen molar-refractivity contribution in [2.45, 2.75) is 20.3 Å². The van der Waals surface area contributed by atoms with Gasteiger partial charge < -0.3 is 15.2 Å². The fourth-order valence-electron chi connectivity index (χ4n) is 1.49. The van der Waals surface area contributed by atoms with E-state index in [1.165, 1.54) is 5.54 Å². The Bertz CT molecular complexity index is 405. The van der Waals surface area contributed by atoms with Crippen LogP contribution in [-0.2, 0) is 6.42 Å². The lowest BCUT2D eigenvalue weighted by Crippen LogP contribution is -2.05. The van der Waals surface area contributed by atoms with E-state index in [1.54, 1.807) is 0 Å². The molecule has 0 aliphatic rings. The van der Waals surface area contributed by atoms with E-state index in [4.69, 9.17) is 26.8 Å². The number of ether oxygens (including phenoxy) is 2. The Kier molecular flexibility index (Phi) is 6.61. The first-order valence-electron chi connectivity index (χ1n) is 6.05. The average Bonchev–Trinajstić information content (AvgIpc) is 2.38. The van der Waals surface area contributed by atoms with Crippen molar-refractivity contribution in [1.82, 2.24) is 0 Å². The third-order valence-corrected chi connectivity index (χ3v) is 2.76. The first-order chi connectivity index (χ1) is 8.71. The van der Waals surface area contributed by atoms with Crippen LogP contribution < -0.4 is 15.2 Å². The van der Waals surface area contributed by atoms with E-state index in [2.05, 4.69) is 0 Å². The van der Waals surface area contributed by atoms with Gasteiger partial charge >= 0.3 is 0 Å². The van der Waals surface area contributed by atoms with Crippen LogP contribution in [0.4, 0.5) is 0 Å². The van der Waals surface area contributed by atoms with Crippen molar-refractivity contribution in [3.8, 4) is 11.5 Å². The van der Waals surface area contributed by atoms with E-state index in [0.717, 1.165) is 29.1 Å². The maximum absolute atomic E-state index is 5.67. The molecule has 0 spiro atoms. The minimum absolute atomic E-state index is 0.458. The van der Waals surface area contributed by atoms with Crippen molar-refractivity contribution in [2.24, 2.45) is 5.73 Å². The van der Waals surface area contributed by atoms with Gasteiger partial charge in [-0.25, -0.2) is 0 Å². The summed E-state index contributed by atoms with van der Waals surface area (Å²) in [6.07, 6.45) is 0.834. The van der Waals surface area contributed by atoms with Gasteiger partial charge in [-0.15, -0.1) is 0 Å². The Hall–Kier alpha value is -1.19. The smallest absolute Gasteiger partial charge is 0.161 e. The molecule has 3 nitrogen and oxygen atoms in total. The van der Waals surface area contributed by atoms with Crippen molar-refractivity contribution in [1.29, 1.82) is 0 Å². The van der Waals surface area contributed by atoms with Gasteiger partial charge in [0.05, 0.1) is 6.61 Å². The highest BCUT2D eigenvalue weighted by atomic mass is 35.5. The summed E-state index contributed by atoms with van der Waals surface area (Å²) in [5.41, 5.74) is 9.18. The lowest BCUT2D eigenvalue weighted by molar-refractivity contribution is 0.293. The van der Waals surface area contributed by atoms with Crippen molar-refractivity contribution in [2.75, 3.05) is 19.8 Å². The Morgan fingerprint density at radius 1 is 1.33 bits per heavy atom. The number of hydrogen-bond acceptors (Lipinski definition) is 3. The number of rotatable bonds is 7. The molecule has 0 saturated carbocycles. The minimum atomic E-state index is 0.458. The predicted molar refractivity (Wildman–Crippen MR) is 75.5 cm³/mol. The molecule has 1 rings (SSSR count). The molecule has 100 valence electrons. The van der Waals surface area contributed by atoms with Crippen LogP contribution in [0.15, 0.2) is 29.3 Å². The third-order valence-electron chi connectivity index (χ3n) is 2.38. The van der Waals surface area contributed by atoms with Crippen molar-refractivity contribution < 1.29 is 9.47 Å². The highest BCUT2D eigenvalue weighted by Gasteiger charge is 2.06. The van der Waals surface area contributed by atoms with Gasteiger partial charge in [0.1, 0.15) is 6.61 Å². The van der Waals surface area contributed by atoms with Crippen molar-refractivity contribution >= 4 is 11.6 Å². The molecule has 18 heavy (non-hydrogen) atoms. The van der Waals surface area contributed by atoms with Crippen LogP contribution >= 0.6 is 11.6 Å². The maximum atomic E-state index is 5.67. The van der Waals surface area contributed by atoms with Gasteiger partial charge in [0, 0.05) is 5.54 Å². The topological polar surface area (TPSA) is 44.5 Å². The molecule has 0 fully saturated rings. The molecule has 0 amide bonds. The number of benzene rings is 1. The Balaban J connectivity index is 2.82. The fraction of sp³-hybridized carbons (Fsp3) is 0.429. The van der Waals surface area contributed by atoms with E-state index in [-0.39, 0.29) is 0 Å². The van der Waals surface area contributed by atoms with Gasteiger partial charge in [-0.1, -0.05) is 17.7 Å². The summed E-state index contributed by atoms with van der Waals surface area (Å²) in [4.78, 5) is 0. The van der Waals surface area contributed by atoms with E-state index >= 15 is 0 Å². The summed E-state index contributed by atoms with van der Waals surface area (Å²) >= 11 is 5.60. The van der Waals surface area contributed by atoms with E-state index < -0.39 is 0 Å². The first kappa shape index (κ1) is 14.9. The van der Waals surface area contributed by atoms with E-state index in [9.17, 15) is 0 Å². The molecular weight excluding hydrogens is 250 g/mol. The molecule has 0 heterocycles. The Morgan fingerprint density at radius 2 is 2.11 bits per heavy atom. The largest absolute Gasteiger partial charge is 0.490 e. The molecule has 0 radical (unpaired) electrons. The first-order valence-corrected chi connectivity index (χ1v) is 6.49. The molecule has 0 unspecified atom stereocenters. The number of halogens is 1. The molecule has 4 heteroatoms. The number of nitrogens with two attached hydrogens (primary N) is 1. The van der Waals surface area contributed by atoms with Crippen LogP contribution in [0.1, 0.15) is 19.4 Å². The highest BCUT2D eigenvalue weighted by molar-refractivity contribution is 6.25. The van der Waals surface area contributed by atoms with Crippen molar-refractivity contribution in [3.05, 3.63) is 34.9 Å². The molecule has 0 aromatic heterocycles. The molecule has 0 aliphatic carbocycles. The van der Waals surface area contributed by atoms with Crippen LogP contribution in [0.5, 0.6) is 11.5 Å². The van der Waals surface area contributed by atoms with Crippen molar-refractivity contribution in [3.63, 3.8) is 0 Å². The lowest BCUT2D eigenvalue weighted by atomic mass is 10.1. The average molecular weight is 270 g/mol. The Labute approximate surface area is 114 Å². The number of hydrogen-bond donors (Lipinski definition) is 1. The molecular formula is C14H20ClNO2. The molecule has 0 aliphatic heterocycles. The van der Waals surface area contributed by atoms with Gasteiger partial charge in [-0.3, -0.25) is 0 Å². The van der Waals surface area contributed by atoms with Crippen LogP contribution in [0, 0.1) is 0 Å². The van der Waals surface area contributed by atoms with E-state index in [0.29, 0.717) is 19.8 Å². The SMILES string of the molecule is CCOc1cc(CCN)ccc1OC/C(C)=C/Cl. The highest BCUT2D eigenvalue weighted by Crippen LogP contribution is 2.29. The zero-order chi connectivity index (χ0) is 13.4. The fourth-order valence-corrected chi connectivity index (χ4v) is 1.55. The zero-order valence-corrected chi connectivity index (χ0v) is 11.7. The van der Waals surface area contributed by atoms with Gasteiger partial charge in [0.25, 0.3) is 0 Å². The molecule has 0 bridgehead atoms. The molecule has 0 saturated heterocycles. The lowest BCUT2D eigenvalue weighted by Gasteiger charge is -2.13. The van der Waals surface area contributed by atoms with E-state index in [1.807, 2.05) is 32.0 Å². The molecule has 2 N–H and O–H groups in total. The van der Waals surface area contributed by atoms with Gasteiger partial charge in [-0.2, -0.15) is 0 Å². The third kappa shape index (κ3) is 4.59. The summed E-state index contributed by atoms with van der Waals surface area (Å²) in [6, 6.07) is 5.90.